The lowest BCUT2D eigenvalue weighted by Crippen LogP contribution is -2.31. The number of nitrogen functional groups attached to an aromatic ring is 1. The molecule has 0 radical (unpaired) electrons. The van der Waals surface area contributed by atoms with Gasteiger partial charge in [0.1, 0.15) is 9.71 Å². The molecule has 2 aromatic rings. The van der Waals surface area contributed by atoms with Crippen LogP contribution in [0.25, 0.3) is 10.2 Å². The van der Waals surface area contributed by atoms with Crippen molar-refractivity contribution in [2.75, 3.05) is 18.8 Å². The first-order valence-electron chi connectivity index (χ1n) is 7.10. The Labute approximate surface area is 122 Å². The third-order valence-corrected chi connectivity index (χ3v) is 5.23. The monoisotopic (exact) mass is 292 g/mol. The second-order valence-corrected chi connectivity index (χ2v) is 6.44. The highest BCUT2D eigenvalue weighted by atomic mass is 32.1. The predicted molar refractivity (Wildman–Crippen MR) is 82.1 cm³/mol. The molecule has 5 nitrogen and oxygen atoms in total. The summed E-state index contributed by atoms with van der Waals surface area (Å²) in [5.41, 5.74) is 7.71. The van der Waals surface area contributed by atoms with Crippen LogP contribution in [0.4, 0.5) is 5.69 Å². The first kappa shape index (κ1) is 13.4. The van der Waals surface area contributed by atoms with E-state index >= 15 is 0 Å². The molecule has 1 amide bonds. The number of aromatic nitrogens is 2. The second kappa shape index (κ2) is 5.09. The van der Waals surface area contributed by atoms with E-state index in [1.807, 2.05) is 23.6 Å². The Hall–Kier alpha value is -1.56. The van der Waals surface area contributed by atoms with Gasteiger partial charge in [-0.1, -0.05) is 12.8 Å². The average Bonchev–Trinajstić information content (AvgIpc) is 2.76. The van der Waals surface area contributed by atoms with Gasteiger partial charge in [0.15, 0.2) is 0 Å². The summed E-state index contributed by atoms with van der Waals surface area (Å²) in [5, 5.41) is 5.30. The van der Waals surface area contributed by atoms with Gasteiger partial charge in [-0.3, -0.25) is 9.48 Å². The number of hydrogen-bond donors (Lipinski definition) is 1. The summed E-state index contributed by atoms with van der Waals surface area (Å²) in [7, 11) is 1.89. The Bertz CT molecular complexity index is 650. The third kappa shape index (κ3) is 2.08. The molecule has 1 aliphatic heterocycles. The lowest BCUT2D eigenvalue weighted by atomic mass is 10.2. The van der Waals surface area contributed by atoms with Gasteiger partial charge in [0.25, 0.3) is 5.91 Å². The van der Waals surface area contributed by atoms with Crippen LogP contribution >= 0.6 is 11.3 Å². The number of nitrogens with two attached hydrogens (primary N) is 1. The molecule has 0 bridgehead atoms. The molecule has 0 unspecified atom stereocenters. The van der Waals surface area contributed by atoms with Crippen molar-refractivity contribution >= 4 is 33.1 Å². The van der Waals surface area contributed by atoms with Gasteiger partial charge in [-0.05, 0) is 19.8 Å². The molecule has 0 aliphatic carbocycles. The fourth-order valence-corrected chi connectivity index (χ4v) is 4.06. The van der Waals surface area contributed by atoms with Gasteiger partial charge in [0.05, 0.1) is 16.8 Å². The minimum Gasteiger partial charge on any atom is -0.397 e. The van der Waals surface area contributed by atoms with Gasteiger partial charge < -0.3 is 10.6 Å². The molecule has 2 aromatic heterocycles. The van der Waals surface area contributed by atoms with E-state index in [1.54, 1.807) is 0 Å². The van der Waals surface area contributed by atoms with Crippen LogP contribution in [0.2, 0.25) is 0 Å². The van der Waals surface area contributed by atoms with Crippen LogP contribution in [-0.2, 0) is 7.05 Å². The molecule has 2 N–H and O–H groups in total. The number of carbonyl (C=O) groups excluding carboxylic acids is 1. The number of nitrogens with zero attached hydrogens (tertiary/aromatic N) is 3. The number of likely N-dealkylation sites (tertiary alicyclic amines) is 1. The number of aryl methyl sites for hydroxylation is 2. The number of thiophene rings is 1. The zero-order valence-electron chi connectivity index (χ0n) is 12.0. The summed E-state index contributed by atoms with van der Waals surface area (Å²) in [6.07, 6.45) is 4.62. The summed E-state index contributed by atoms with van der Waals surface area (Å²) in [6.45, 7) is 3.64. The molecule has 1 fully saturated rings. The summed E-state index contributed by atoms with van der Waals surface area (Å²) in [5.74, 6) is 0.0880. The Balaban J connectivity index is 1.99. The lowest BCUT2D eigenvalue weighted by molar-refractivity contribution is 0.0767. The topological polar surface area (TPSA) is 64.2 Å². The molecule has 0 atom stereocenters. The van der Waals surface area contributed by atoms with Gasteiger partial charge in [-0.25, -0.2) is 0 Å². The maximum absolute atomic E-state index is 12.7. The molecule has 3 heterocycles. The molecule has 0 aromatic carbocycles. The largest absolute Gasteiger partial charge is 0.397 e. The summed E-state index contributed by atoms with van der Waals surface area (Å²) in [6, 6.07) is 0. The molecule has 6 heteroatoms. The molecule has 1 aliphatic rings. The molecule has 1 saturated heterocycles. The number of rotatable bonds is 1. The average molecular weight is 292 g/mol. The van der Waals surface area contributed by atoms with Crippen LogP contribution in [0.3, 0.4) is 0 Å². The van der Waals surface area contributed by atoms with Crippen LogP contribution in [0.15, 0.2) is 0 Å². The van der Waals surface area contributed by atoms with Crippen LogP contribution in [-0.4, -0.2) is 33.7 Å². The van der Waals surface area contributed by atoms with Crippen molar-refractivity contribution in [2.45, 2.75) is 32.6 Å². The minimum atomic E-state index is 0.0880. The lowest BCUT2D eigenvalue weighted by Gasteiger charge is -2.19. The zero-order chi connectivity index (χ0) is 14.3. The van der Waals surface area contributed by atoms with Crippen LogP contribution in [0.1, 0.15) is 41.0 Å². The molecular weight excluding hydrogens is 272 g/mol. The van der Waals surface area contributed by atoms with Gasteiger partial charge in [0.2, 0.25) is 0 Å². The quantitative estimate of drug-likeness (QED) is 0.878. The van der Waals surface area contributed by atoms with E-state index in [0.29, 0.717) is 10.6 Å². The van der Waals surface area contributed by atoms with Gasteiger partial charge in [-0.15, -0.1) is 11.3 Å². The highest BCUT2D eigenvalue weighted by Gasteiger charge is 2.25. The fourth-order valence-electron chi connectivity index (χ4n) is 2.91. The zero-order valence-corrected chi connectivity index (χ0v) is 12.8. The normalized spacial score (nSPS) is 16.6. The molecule has 0 saturated carbocycles. The van der Waals surface area contributed by atoms with Gasteiger partial charge in [-0.2, -0.15) is 5.10 Å². The number of carbonyl (C=O) groups is 1. The minimum absolute atomic E-state index is 0.0880. The van der Waals surface area contributed by atoms with E-state index in [0.717, 1.165) is 41.8 Å². The maximum atomic E-state index is 12.7. The fraction of sp³-hybridized carbons (Fsp3) is 0.571. The van der Waals surface area contributed by atoms with E-state index in [4.69, 9.17) is 5.73 Å². The highest BCUT2D eigenvalue weighted by molar-refractivity contribution is 7.21. The van der Waals surface area contributed by atoms with Crippen molar-refractivity contribution in [1.29, 1.82) is 0 Å². The number of hydrogen-bond acceptors (Lipinski definition) is 4. The van der Waals surface area contributed by atoms with Crippen molar-refractivity contribution in [1.82, 2.24) is 14.7 Å². The summed E-state index contributed by atoms with van der Waals surface area (Å²) in [4.78, 5) is 16.3. The van der Waals surface area contributed by atoms with Gasteiger partial charge in [0, 0.05) is 20.1 Å². The van der Waals surface area contributed by atoms with E-state index in [2.05, 4.69) is 5.10 Å². The SMILES string of the molecule is Cc1nn(C)c2sc(C(=O)N3CCCCCC3)c(N)c12. The Morgan fingerprint density at radius 2 is 1.90 bits per heavy atom. The van der Waals surface area contributed by atoms with Crippen molar-refractivity contribution in [3.05, 3.63) is 10.6 Å². The van der Waals surface area contributed by atoms with Crippen molar-refractivity contribution in [3.8, 4) is 0 Å². The molecular formula is C14H20N4OS. The second-order valence-electron chi connectivity index (χ2n) is 5.44. The standard InChI is InChI=1S/C14H20N4OS/c1-9-10-11(15)12(20-14(10)17(2)16-9)13(19)18-7-5-3-4-6-8-18/h3-8,15H2,1-2H3. The Morgan fingerprint density at radius 1 is 1.25 bits per heavy atom. The molecule has 108 valence electrons. The smallest absolute Gasteiger partial charge is 0.266 e. The third-order valence-electron chi connectivity index (χ3n) is 3.97. The van der Waals surface area contributed by atoms with Crippen LogP contribution in [0.5, 0.6) is 0 Å². The van der Waals surface area contributed by atoms with E-state index in [9.17, 15) is 4.79 Å². The van der Waals surface area contributed by atoms with E-state index < -0.39 is 0 Å². The number of anilines is 1. The van der Waals surface area contributed by atoms with Gasteiger partial charge >= 0.3 is 0 Å². The molecule has 0 spiro atoms. The highest BCUT2D eigenvalue weighted by Crippen LogP contribution is 2.36. The van der Waals surface area contributed by atoms with Crippen LogP contribution < -0.4 is 5.73 Å². The van der Waals surface area contributed by atoms with E-state index in [-0.39, 0.29) is 5.91 Å². The number of amides is 1. The maximum Gasteiger partial charge on any atom is 0.266 e. The first-order valence-corrected chi connectivity index (χ1v) is 7.92. The Morgan fingerprint density at radius 3 is 2.50 bits per heavy atom. The molecule has 20 heavy (non-hydrogen) atoms. The Kier molecular flexibility index (Phi) is 3.41. The van der Waals surface area contributed by atoms with Crippen LogP contribution in [0, 0.1) is 6.92 Å². The van der Waals surface area contributed by atoms with Crippen molar-refractivity contribution in [3.63, 3.8) is 0 Å². The summed E-state index contributed by atoms with van der Waals surface area (Å²) < 4.78 is 1.81. The summed E-state index contributed by atoms with van der Waals surface area (Å²) >= 11 is 1.46. The van der Waals surface area contributed by atoms with Crippen molar-refractivity contribution < 1.29 is 4.79 Å². The predicted octanol–water partition coefficient (Wildman–Crippen LogP) is 2.54. The van der Waals surface area contributed by atoms with Crippen molar-refractivity contribution in [2.24, 2.45) is 7.05 Å². The first-order chi connectivity index (χ1) is 9.59. The molecule has 3 rings (SSSR count). The number of fused-ring (bicyclic) bond motifs is 1. The van der Waals surface area contributed by atoms with E-state index in [1.165, 1.54) is 24.2 Å².